The first-order valence-electron chi connectivity index (χ1n) is 22.5. The zero-order valence-electron chi connectivity index (χ0n) is 36.6. The molecule has 0 fully saturated rings. The number of imidazole rings is 1. The van der Waals surface area contributed by atoms with Crippen LogP contribution in [0.15, 0.2) is 140 Å². The van der Waals surface area contributed by atoms with E-state index in [1.807, 2.05) is 0 Å². The Labute approximate surface area is 362 Å². The molecule has 13 rings (SSSR count). The molecule has 1 spiro atoms. The average Bonchev–Trinajstić information content (AvgIpc) is 3.91. The SMILES string of the molecule is C=C1c2ccc(-c3ccc4c(c3)-n3c5ccccc5c5cccc(c53)C43c4ccccc4-c4ccccc43)c3nc(C(C)(C)C)n4c5cc(C)c(C)cc5[n+](c4c23)C1(CC)CC. The van der Waals surface area contributed by atoms with E-state index in [1.165, 1.54) is 105 Å². The van der Waals surface area contributed by atoms with Crippen LogP contribution in [0.25, 0.3) is 82.9 Å². The van der Waals surface area contributed by atoms with E-state index in [9.17, 15) is 0 Å². The first-order chi connectivity index (χ1) is 30.0. The van der Waals surface area contributed by atoms with E-state index in [-0.39, 0.29) is 11.0 Å². The minimum Gasteiger partial charge on any atom is -0.309 e. The first-order valence-corrected chi connectivity index (χ1v) is 22.5. The normalized spacial score (nSPS) is 15.4. The fraction of sp³-hybridized carbons (Fsp3) is 0.207. The Bertz CT molecular complexity index is 3650. The summed E-state index contributed by atoms with van der Waals surface area (Å²) in [6.45, 7) is 21.1. The number of hydrogen-bond acceptors (Lipinski definition) is 1. The number of benzene rings is 7. The van der Waals surface area contributed by atoms with E-state index in [1.54, 1.807) is 0 Å². The summed E-state index contributed by atoms with van der Waals surface area (Å²) in [5.74, 6) is 1.07. The Hall–Kier alpha value is -6.78. The Morgan fingerprint density at radius 1 is 0.629 bits per heavy atom. The van der Waals surface area contributed by atoms with Crippen molar-refractivity contribution in [2.45, 2.75) is 77.7 Å². The van der Waals surface area contributed by atoms with E-state index < -0.39 is 5.41 Å². The minimum absolute atomic E-state index is 0.246. The standard InChI is InChI=1S/C58H49N4/c1-9-57(10-2)35(5)37-27-28-38(52-51(37)54-61(55(59-52)56(6,7)8)49-30-33(3)34(4)31-50(49)62(54)57)36-26-29-45-48(32-36)60-47-25-16-13-20-41(47)42-21-17-24-46(53(42)60)58(45)43-22-14-11-18-39(43)40-19-12-15-23-44(40)58/h11-32H,5,9-10H2,1-4,6-8H3/q+1. The van der Waals surface area contributed by atoms with Crippen molar-refractivity contribution in [1.82, 2.24) is 14.0 Å². The van der Waals surface area contributed by atoms with Gasteiger partial charge in [0.05, 0.1) is 33.0 Å². The van der Waals surface area contributed by atoms with Crippen molar-refractivity contribution in [2.24, 2.45) is 0 Å². The van der Waals surface area contributed by atoms with E-state index in [0.29, 0.717) is 0 Å². The van der Waals surface area contributed by atoms with Crippen molar-refractivity contribution in [3.8, 4) is 27.9 Å². The van der Waals surface area contributed by atoms with Gasteiger partial charge in [-0.2, -0.15) is 4.40 Å². The Balaban J connectivity index is 1.19. The molecule has 0 radical (unpaired) electrons. The summed E-state index contributed by atoms with van der Waals surface area (Å²) in [5, 5.41) is 3.75. The number of fused-ring (bicyclic) bond motifs is 15. The Kier molecular flexibility index (Phi) is 6.82. The van der Waals surface area contributed by atoms with Crippen LogP contribution in [0, 0.1) is 13.8 Å². The van der Waals surface area contributed by atoms with Crippen LogP contribution < -0.4 is 4.57 Å². The maximum Gasteiger partial charge on any atom is 0.299 e. The fourth-order valence-corrected chi connectivity index (χ4v) is 12.5. The lowest BCUT2D eigenvalue weighted by Gasteiger charge is -2.40. The highest BCUT2D eigenvalue weighted by Gasteiger charge is 2.51. The highest BCUT2D eigenvalue weighted by molar-refractivity contribution is 6.14. The largest absolute Gasteiger partial charge is 0.309 e. The summed E-state index contributed by atoms with van der Waals surface area (Å²) in [7, 11) is 0. The van der Waals surface area contributed by atoms with E-state index in [2.05, 4.69) is 195 Å². The zero-order chi connectivity index (χ0) is 42.2. The molecule has 0 saturated heterocycles. The molecule has 7 aromatic carbocycles. The first kappa shape index (κ1) is 35.9. The molecule has 3 aliphatic rings. The molecule has 5 heterocycles. The smallest absolute Gasteiger partial charge is 0.299 e. The molecule has 2 aliphatic heterocycles. The monoisotopic (exact) mass is 801 g/mol. The van der Waals surface area contributed by atoms with Gasteiger partial charge in [0.15, 0.2) is 11.0 Å². The number of aromatic nitrogens is 4. The van der Waals surface area contributed by atoms with Gasteiger partial charge in [-0.3, -0.25) is 0 Å². The van der Waals surface area contributed by atoms with E-state index in [0.717, 1.165) is 35.3 Å². The van der Waals surface area contributed by atoms with Gasteiger partial charge in [-0.15, -0.1) is 0 Å². The van der Waals surface area contributed by atoms with Gasteiger partial charge in [0, 0.05) is 27.3 Å². The third-order valence-corrected chi connectivity index (χ3v) is 15.5. The molecule has 300 valence electrons. The van der Waals surface area contributed by atoms with Crippen LogP contribution in [0.1, 0.15) is 92.2 Å². The van der Waals surface area contributed by atoms with Gasteiger partial charge in [-0.05, 0) is 107 Å². The number of para-hydroxylation sites is 2. The predicted octanol–water partition coefficient (Wildman–Crippen LogP) is 13.8. The maximum atomic E-state index is 5.85. The van der Waals surface area contributed by atoms with Gasteiger partial charge in [0.25, 0.3) is 5.65 Å². The lowest BCUT2D eigenvalue weighted by atomic mass is 9.65. The van der Waals surface area contributed by atoms with Crippen molar-refractivity contribution in [2.75, 3.05) is 0 Å². The van der Waals surface area contributed by atoms with Gasteiger partial charge in [0.2, 0.25) is 5.82 Å². The third-order valence-electron chi connectivity index (χ3n) is 15.5. The van der Waals surface area contributed by atoms with Crippen molar-refractivity contribution < 1.29 is 4.57 Å². The number of aryl methyl sites for hydroxylation is 2. The molecule has 10 aromatic rings. The Morgan fingerprint density at radius 3 is 2.00 bits per heavy atom. The topological polar surface area (TPSA) is 26.1 Å². The van der Waals surface area contributed by atoms with Crippen molar-refractivity contribution in [1.29, 1.82) is 0 Å². The molecule has 1 aliphatic carbocycles. The van der Waals surface area contributed by atoms with Gasteiger partial charge in [-0.25, -0.2) is 9.55 Å². The number of nitrogens with zero attached hydrogens (tertiary/aromatic N) is 4. The molecule has 0 unspecified atom stereocenters. The molecule has 0 saturated carbocycles. The highest BCUT2D eigenvalue weighted by Crippen LogP contribution is 2.61. The van der Waals surface area contributed by atoms with Crippen LogP contribution in [0.2, 0.25) is 0 Å². The molecular weight excluding hydrogens is 753 g/mol. The average molecular weight is 802 g/mol. The second-order valence-electron chi connectivity index (χ2n) is 19.3. The summed E-state index contributed by atoms with van der Waals surface area (Å²) in [5.41, 5.74) is 22.7. The highest BCUT2D eigenvalue weighted by atomic mass is 15.2. The second kappa shape index (κ2) is 11.8. The molecular formula is C58H49N4+. The number of hydrogen-bond donors (Lipinski definition) is 0. The predicted molar refractivity (Wildman–Crippen MR) is 257 cm³/mol. The fourth-order valence-electron chi connectivity index (χ4n) is 12.5. The van der Waals surface area contributed by atoms with Crippen LogP contribution in [0.4, 0.5) is 0 Å². The summed E-state index contributed by atoms with van der Waals surface area (Å²) in [4.78, 5) is 5.85. The summed E-state index contributed by atoms with van der Waals surface area (Å²) in [6.07, 6.45) is 1.90. The molecule has 4 heteroatoms. The van der Waals surface area contributed by atoms with Crippen molar-refractivity contribution in [3.05, 3.63) is 185 Å². The van der Waals surface area contributed by atoms with E-state index in [4.69, 9.17) is 11.6 Å². The van der Waals surface area contributed by atoms with Crippen LogP contribution >= 0.6 is 0 Å². The van der Waals surface area contributed by atoms with Crippen molar-refractivity contribution >= 4 is 55.0 Å². The van der Waals surface area contributed by atoms with Crippen LogP contribution in [-0.2, 0) is 16.4 Å². The molecule has 62 heavy (non-hydrogen) atoms. The summed E-state index contributed by atoms with van der Waals surface area (Å²) < 4.78 is 7.74. The van der Waals surface area contributed by atoms with Gasteiger partial charge in [-0.1, -0.05) is 150 Å². The molecule has 3 aromatic heterocycles. The van der Waals surface area contributed by atoms with Crippen LogP contribution in [-0.4, -0.2) is 14.0 Å². The summed E-state index contributed by atoms with van der Waals surface area (Å²) in [6, 6.07) is 51.0. The lowest BCUT2D eigenvalue weighted by molar-refractivity contribution is -0.703. The summed E-state index contributed by atoms with van der Waals surface area (Å²) >= 11 is 0. The number of rotatable bonds is 3. The molecule has 0 bridgehead atoms. The molecule has 0 N–H and O–H groups in total. The third kappa shape index (κ3) is 4.01. The van der Waals surface area contributed by atoms with Gasteiger partial charge < -0.3 is 4.57 Å². The van der Waals surface area contributed by atoms with Crippen molar-refractivity contribution in [3.63, 3.8) is 0 Å². The lowest BCUT2D eigenvalue weighted by Crippen LogP contribution is -2.57. The van der Waals surface area contributed by atoms with Crippen LogP contribution in [0.5, 0.6) is 0 Å². The Morgan fingerprint density at radius 2 is 1.27 bits per heavy atom. The molecule has 0 atom stereocenters. The maximum absolute atomic E-state index is 5.85. The number of allylic oxidation sites excluding steroid dienone is 1. The van der Waals surface area contributed by atoms with Crippen LogP contribution in [0.3, 0.4) is 0 Å². The minimum atomic E-state index is -0.489. The van der Waals surface area contributed by atoms with Gasteiger partial charge >= 0.3 is 0 Å². The molecule has 0 amide bonds. The second-order valence-corrected chi connectivity index (χ2v) is 19.3. The molecule has 4 nitrogen and oxygen atoms in total. The van der Waals surface area contributed by atoms with Gasteiger partial charge in [0.1, 0.15) is 5.54 Å². The quantitative estimate of drug-likeness (QED) is 0.163. The zero-order valence-corrected chi connectivity index (χ0v) is 36.6. The van der Waals surface area contributed by atoms with E-state index >= 15 is 0 Å².